The summed E-state index contributed by atoms with van der Waals surface area (Å²) in [5.41, 5.74) is 0.588. The van der Waals surface area contributed by atoms with E-state index in [1.54, 1.807) is 6.92 Å². The smallest absolute Gasteiger partial charge is 0.407 e. The number of hydrogen-bond donors (Lipinski definition) is 2. The first-order valence-corrected chi connectivity index (χ1v) is 15.3. The predicted molar refractivity (Wildman–Crippen MR) is 136 cm³/mol. The lowest BCUT2D eigenvalue weighted by molar-refractivity contribution is -0.384. The molecular weight excluding hydrogens is 490 g/mol. The Morgan fingerprint density at radius 1 is 1.26 bits per heavy atom. The number of amides is 2. The van der Waals surface area contributed by atoms with Gasteiger partial charge in [0.25, 0.3) is 5.69 Å². The molecule has 12 heteroatoms. The zero-order chi connectivity index (χ0) is 26.4. The monoisotopic (exact) mass is 525 g/mol. The minimum atomic E-state index is -1.98. The Balaban J connectivity index is 1.69. The van der Waals surface area contributed by atoms with Crippen LogP contribution in [0.2, 0.25) is 18.1 Å². The van der Waals surface area contributed by atoms with Crippen molar-refractivity contribution in [1.82, 2.24) is 10.6 Å². The molecule has 1 fully saturated rings. The number of rotatable bonds is 11. The molecule has 0 bridgehead atoms. The van der Waals surface area contributed by atoms with Crippen LogP contribution >= 0.6 is 11.8 Å². The van der Waals surface area contributed by atoms with Gasteiger partial charge in [-0.15, -0.1) is 0 Å². The Kier molecular flexibility index (Phi) is 9.87. The first-order valence-electron chi connectivity index (χ1n) is 11.5. The van der Waals surface area contributed by atoms with Gasteiger partial charge in [-0.25, -0.2) is 4.79 Å². The lowest BCUT2D eigenvalue weighted by Crippen LogP contribution is -2.59. The molecule has 1 heterocycles. The Morgan fingerprint density at radius 3 is 2.43 bits per heavy atom. The lowest BCUT2D eigenvalue weighted by atomic mass is 10.0. The summed E-state index contributed by atoms with van der Waals surface area (Å²) in [7, 11) is -1.98. The normalized spacial score (nSPS) is 18.7. The minimum absolute atomic E-state index is 0.0228. The minimum Gasteiger partial charge on any atom is -0.445 e. The summed E-state index contributed by atoms with van der Waals surface area (Å²) in [6.07, 6.45) is 0.0195. The first kappa shape index (κ1) is 28.8. The van der Waals surface area contributed by atoms with Gasteiger partial charge in [0, 0.05) is 31.2 Å². The van der Waals surface area contributed by atoms with E-state index in [4.69, 9.17) is 9.16 Å². The number of nitro benzene ring substituents is 1. The summed E-state index contributed by atoms with van der Waals surface area (Å²) in [4.78, 5) is 46.6. The Morgan fingerprint density at radius 2 is 1.89 bits per heavy atom. The highest BCUT2D eigenvalue weighted by Crippen LogP contribution is 2.38. The summed E-state index contributed by atoms with van der Waals surface area (Å²) >= 11 is 1.10. The number of carbonyl (C=O) groups excluding carboxylic acids is 3. The van der Waals surface area contributed by atoms with Crippen LogP contribution in [0.15, 0.2) is 24.3 Å². The SMILES string of the molecule is CC(CCC(=O)SC1NC(=O)C1CO[Si](C)(C)C(C)(C)C)NC(=O)OCc1ccc([N+](=O)[O-])cc1. The zero-order valence-electron chi connectivity index (χ0n) is 21.1. The predicted octanol–water partition coefficient (Wildman–Crippen LogP) is 4.34. The van der Waals surface area contributed by atoms with Crippen molar-refractivity contribution in [3.05, 3.63) is 39.9 Å². The van der Waals surface area contributed by atoms with Gasteiger partial charge in [0.15, 0.2) is 13.4 Å². The molecule has 0 spiro atoms. The molecule has 0 aromatic heterocycles. The summed E-state index contributed by atoms with van der Waals surface area (Å²) in [5.74, 6) is -0.442. The number of ether oxygens (including phenoxy) is 1. The largest absolute Gasteiger partial charge is 0.445 e. The summed E-state index contributed by atoms with van der Waals surface area (Å²) in [6.45, 7) is 12.7. The molecule has 3 unspecified atom stereocenters. The van der Waals surface area contributed by atoms with Gasteiger partial charge in [0.05, 0.1) is 16.2 Å². The molecule has 35 heavy (non-hydrogen) atoms. The number of non-ortho nitro benzene ring substituents is 1. The summed E-state index contributed by atoms with van der Waals surface area (Å²) in [5, 5.41) is 15.8. The third kappa shape index (κ3) is 8.62. The summed E-state index contributed by atoms with van der Waals surface area (Å²) in [6, 6.07) is 5.44. The van der Waals surface area contributed by atoms with E-state index in [-0.39, 0.29) is 52.1 Å². The van der Waals surface area contributed by atoms with E-state index >= 15 is 0 Å². The van der Waals surface area contributed by atoms with Gasteiger partial charge in [-0.05, 0) is 49.2 Å². The fraction of sp³-hybridized carbons (Fsp3) is 0.609. The molecule has 2 amide bonds. The number of benzene rings is 1. The van der Waals surface area contributed by atoms with Gasteiger partial charge in [-0.1, -0.05) is 32.5 Å². The highest BCUT2D eigenvalue weighted by atomic mass is 32.2. The van der Waals surface area contributed by atoms with E-state index < -0.39 is 19.3 Å². The van der Waals surface area contributed by atoms with E-state index in [2.05, 4.69) is 44.5 Å². The van der Waals surface area contributed by atoms with Gasteiger partial charge in [-0.2, -0.15) is 0 Å². The van der Waals surface area contributed by atoms with E-state index in [0.29, 0.717) is 18.6 Å². The molecule has 0 saturated carbocycles. The van der Waals surface area contributed by atoms with Crippen LogP contribution in [-0.2, 0) is 25.4 Å². The second-order valence-corrected chi connectivity index (χ2v) is 16.2. The number of hydrogen-bond acceptors (Lipinski definition) is 8. The maximum Gasteiger partial charge on any atom is 0.407 e. The van der Waals surface area contributed by atoms with Crippen LogP contribution in [0.1, 0.15) is 46.1 Å². The van der Waals surface area contributed by atoms with Gasteiger partial charge in [0.1, 0.15) is 6.61 Å². The van der Waals surface area contributed by atoms with Crippen molar-refractivity contribution in [3.8, 4) is 0 Å². The van der Waals surface area contributed by atoms with Crippen LogP contribution in [0.4, 0.5) is 10.5 Å². The van der Waals surface area contributed by atoms with Crippen molar-refractivity contribution in [2.75, 3.05) is 6.61 Å². The van der Waals surface area contributed by atoms with Gasteiger partial charge in [-0.3, -0.25) is 19.7 Å². The topological polar surface area (TPSA) is 137 Å². The molecule has 1 aromatic rings. The standard InChI is InChI=1S/C23H35N3O7SSi/c1-15(24-22(29)32-13-16-8-10-17(11-9-16)26(30)31)7-12-19(27)34-21-18(20(28)25-21)14-33-35(5,6)23(2,3)4/h8-11,15,18,21H,7,12-14H2,1-6H3,(H,24,29)(H,25,28). The molecule has 1 saturated heterocycles. The molecule has 2 rings (SSSR count). The van der Waals surface area contributed by atoms with Crippen molar-refractivity contribution in [2.45, 2.75) is 76.7 Å². The number of carbonyl (C=O) groups is 3. The fourth-order valence-corrected chi connectivity index (χ4v) is 4.98. The lowest BCUT2D eigenvalue weighted by Gasteiger charge is -2.41. The average Bonchev–Trinajstić information content (AvgIpc) is 2.75. The fourth-order valence-electron chi connectivity index (χ4n) is 2.89. The first-order chi connectivity index (χ1) is 16.2. The van der Waals surface area contributed by atoms with E-state index in [0.717, 1.165) is 11.8 Å². The van der Waals surface area contributed by atoms with Crippen molar-refractivity contribution in [3.63, 3.8) is 0 Å². The molecule has 10 nitrogen and oxygen atoms in total. The summed E-state index contributed by atoms with van der Waals surface area (Å²) < 4.78 is 11.3. The molecule has 0 aliphatic carbocycles. The highest BCUT2D eigenvalue weighted by Gasteiger charge is 2.44. The quantitative estimate of drug-likeness (QED) is 0.188. The number of nitrogens with zero attached hydrogens (tertiary/aromatic N) is 1. The van der Waals surface area contributed by atoms with Gasteiger partial charge < -0.3 is 19.8 Å². The second kappa shape index (κ2) is 12.0. The van der Waals surface area contributed by atoms with Crippen LogP contribution in [0.5, 0.6) is 0 Å². The molecule has 1 aliphatic rings. The molecular formula is C23H35N3O7SSi. The van der Waals surface area contributed by atoms with Crippen LogP contribution in [0.3, 0.4) is 0 Å². The number of alkyl carbamates (subject to hydrolysis) is 1. The van der Waals surface area contributed by atoms with Crippen LogP contribution in [0, 0.1) is 16.0 Å². The van der Waals surface area contributed by atoms with Crippen molar-refractivity contribution >= 4 is 42.9 Å². The van der Waals surface area contributed by atoms with Crippen LogP contribution in [-0.4, -0.2) is 48.4 Å². The van der Waals surface area contributed by atoms with E-state index in [1.165, 1.54) is 24.3 Å². The third-order valence-electron chi connectivity index (χ3n) is 6.34. The number of thioether (sulfide) groups is 1. The maximum atomic E-state index is 12.4. The van der Waals surface area contributed by atoms with E-state index in [1.807, 2.05) is 0 Å². The maximum absolute atomic E-state index is 12.4. The molecule has 1 aromatic carbocycles. The second-order valence-electron chi connectivity index (χ2n) is 10.2. The molecule has 194 valence electrons. The molecule has 0 radical (unpaired) electrons. The van der Waals surface area contributed by atoms with Crippen LogP contribution in [0.25, 0.3) is 0 Å². The Bertz CT molecular complexity index is 934. The zero-order valence-corrected chi connectivity index (χ0v) is 22.9. The highest BCUT2D eigenvalue weighted by molar-refractivity contribution is 8.14. The van der Waals surface area contributed by atoms with Crippen molar-refractivity contribution < 1.29 is 28.5 Å². The number of nitro groups is 1. The molecule has 1 aliphatic heterocycles. The number of nitrogens with one attached hydrogen (secondary N) is 2. The van der Waals surface area contributed by atoms with Crippen LogP contribution < -0.4 is 10.6 Å². The third-order valence-corrected chi connectivity index (χ3v) is 12.0. The van der Waals surface area contributed by atoms with Gasteiger partial charge in [0.2, 0.25) is 5.91 Å². The Hall–Kier alpha value is -2.44. The number of β-lactam (4-membered cyclic amide) rings is 1. The average molecular weight is 526 g/mol. The Labute approximate surface area is 211 Å². The van der Waals surface area contributed by atoms with E-state index in [9.17, 15) is 24.5 Å². The van der Waals surface area contributed by atoms with Gasteiger partial charge >= 0.3 is 6.09 Å². The van der Waals surface area contributed by atoms with Crippen molar-refractivity contribution in [1.29, 1.82) is 0 Å². The van der Waals surface area contributed by atoms with Crippen molar-refractivity contribution in [2.24, 2.45) is 5.92 Å². The molecule has 3 atom stereocenters. The molecule has 2 N–H and O–H groups in total.